The van der Waals surface area contributed by atoms with Crippen molar-refractivity contribution >= 4 is 17.7 Å². The highest BCUT2D eigenvalue weighted by Crippen LogP contribution is 2.14. The number of hydrogen-bond acceptors (Lipinski definition) is 4. The highest BCUT2D eigenvalue weighted by atomic mass is 16.3. The van der Waals surface area contributed by atoms with Crippen LogP contribution in [-0.2, 0) is 0 Å². The van der Waals surface area contributed by atoms with Crippen LogP contribution in [0.25, 0.3) is 0 Å². The summed E-state index contributed by atoms with van der Waals surface area (Å²) in [6.07, 6.45) is 1.79. The normalized spacial score (nSPS) is 16.7. The van der Waals surface area contributed by atoms with E-state index >= 15 is 0 Å². The summed E-state index contributed by atoms with van der Waals surface area (Å²) in [5.74, 6) is 0.663. The largest absolute Gasteiger partial charge is 0.342 e. The first-order chi connectivity index (χ1) is 7.40. The van der Waals surface area contributed by atoms with Gasteiger partial charge in [-0.1, -0.05) is 18.2 Å². The lowest BCUT2D eigenvalue weighted by molar-refractivity contribution is 1.04. The third kappa shape index (κ3) is 2.25. The summed E-state index contributed by atoms with van der Waals surface area (Å²) in [6.45, 7) is 0.379. The smallest absolute Gasteiger partial charge is 0.173 e. The summed E-state index contributed by atoms with van der Waals surface area (Å²) in [6, 6.07) is 7.78. The number of para-hydroxylation sites is 1. The zero-order valence-electron chi connectivity index (χ0n) is 8.05. The van der Waals surface area contributed by atoms with Crippen LogP contribution in [0.15, 0.2) is 39.4 Å². The molecule has 0 saturated heterocycles. The van der Waals surface area contributed by atoms with Crippen molar-refractivity contribution in [2.45, 2.75) is 0 Å². The van der Waals surface area contributed by atoms with Crippen molar-refractivity contribution < 1.29 is 0 Å². The fourth-order valence-corrected chi connectivity index (χ4v) is 1.35. The number of aliphatic imine (C=N–C) groups is 2. The van der Waals surface area contributed by atoms with Crippen LogP contribution >= 0.6 is 0 Å². The molecule has 0 aliphatic carbocycles. The molecule has 1 aromatic carbocycles. The Hall–Kier alpha value is -2.04. The zero-order valence-corrected chi connectivity index (χ0v) is 8.05. The van der Waals surface area contributed by atoms with Crippen LogP contribution in [0.4, 0.5) is 5.69 Å². The zero-order chi connectivity index (χ0) is 10.5. The molecule has 2 rings (SSSR count). The molecule has 0 unspecified atom stereocenters. The Morgan fingerprint density at radius 3 is 3.13 bits per heavy atom. The van der Waals surface area contributed by atoms with Gasteiger partial charge >= 0.3 is 0 Å². The van der Waals surface area contributed by atoms with E-state index in [9.17, 15) is 4.91 Å². The van der Waals surface area contributed by atoms with E-state index in [1.54, 1.807) is 6.21 Å². The molecule has 0 atom stereocenters. The Morgan fingerprint density at radius 2 is 2.27 bits per heavy atom. The predicted molar refractivity (Wildman–Crippen MR) is 60.6 cm³/mol. The average Bonchev–Trinajstić information content (AvgIpc) is 2.47. The maximum Gasteiger partial charge on any atom is 0.173 e. The molecule has 0 spiro atoms. The van der Waals surface area contributed by atoms with Crippen molar-refractivity contribution in [1.82, 2.24) is 0 Å². The number of hydrogen-bond donors (Lipinski definition) is 1. The molecule has 1 aliphatic heterocycles. The van der Waals surface area contributed by atoms with E-state index in [1.165, 1.54) is 0 Å². The molecule has 0 radical (unpaired) electrons. The maximum absolute atomic E-state index is 9.96. The Kier molecular flexibility index (Phi) is 2.82. The number of benzodiazepines with no additional fused rings is 1. The molecule has 0 saturated carbocycles. The van der Waals surface area contributed by atoms with Gasteiger partial charge in [0.2, 0.25) is 0 Å². The summed E-state index contributed by atoms with van der Waals surface area (Å²) in [4.78, 5) is 18.1. The summed E-state index contributed by atoms with van der Waals surface area (Å²) in [7, 11) is 0. The number of nitrogens with one attached hydrogen (secondary N) is 1. The van der Waals surface area contributed by atoms with Gasteiger partial charge in [-0.05, 0) is 11.2 Å². The van der Waals surface area contributed by atoms with E-state index in [-0.39, 0.29) is 6.67 Å². The van der Waals surface area contributed by atoms with E-state index < -0.39 is 0 Å². The molecule has 5 heteroatoms. The second-order valence-corrected chi connectivity index (χ2v) is 3.06. The average molecular weight is 202 g/mol. The number of amidine groups is 1. The molecule has 1 aliphatic rings. The lowest BCUT2D eigenvalue weighted by Crippen LogP contribution is -2.15. The standard InChI is InChI=1S/C10H10N4O/c15-13-7-12-10-6-11-5-8-3-1-2-4-9(8)14-10/h1-5H,6-7H2,(H,12,14). The molecule has 1 heterocycles. The number of nitrogens with zero attached hydrogens (tertiary/aromatic N) is 3. The predicted octanol–water partition coefficient (Wildman–Crippen LogP) is 1.65. The Morgan fingerprint density at radius 1 is 1.40 bits per heavy atom. The van der Waals surface area contributed by atoms with Crippen molar-refractivity contribution in [2.24, 2.45) is 15.2 Å². The van der Waals surface area contributed by atoms with E-state index in [0.717, 1.165) is 11.3 Å². The second kappa shape index (κ2) is 4.45. The topological polar surface area (TPSA) is 66.2 Å². The van der Waals surface area contributed by atoms with Gasteiger partial charge in [-0.3, -0.25) is 4.99 Å². The summed E-state index contributed by atoms with van der Waals surface area (Å²) in [5, 5.41) is 5.81. The molecule has 0 aromatic heterocycles. The first-order valence-corrected chi connectivity index (χ1v) is 4.58. The third-order valence-corrected chi connectivity index (χ3v) is 2.03. The Labute approximate surface area is 86.9 Å². The van der Waals surface area contributed by atoms with Gasteiger partial charge in [0.25, 0.3) is 0 Å². The van der Waals surface area contributed by atoms with Gasteiger partial charge in [0.15, 0.2) is 6.67 Å². The van der Waals surface area contributed by atoms with Gasteiger partial charge in [0.1, 0.15) is 5.84 Å². The van der Waals surface area contributed by atoms with Crippen LogP contribution in [0.1, 0.15) is 5.56 Å². The minimum Gasteiger partial charge on any atom is -0.342 e. The van der Waals surface area contributed by atoms with Crippen molar-refractivity contribution in [3.05, 3.63) is 34.7 Å². The second-order valence-electron chi connectivity index (χ2n) is 3.06. The Balaban J connectivity index is 2.26. The van der Waals surface area contributed by atoms with Gasteiger partial charge < -0.3 is 5.32 Å². The van der Waals surface area contributed by atoms with Crippen molar-refractivity contribution in [3.8, 4) is 0 Å². The molecule has 5 nitrogen and oxygen atoms in total. The van der Waals surface area contributed by atoms with E-state index in [0.29, 0.717) is 12.4 Å². The molecular weight excluding hydrogens is 192 g/mol. The number of rotatable bonds is 2. The highest BCUT2D eigenvalue weighted by molar-refractivity contribution is 6.04. The van der Waals surface area contributed by atoms with Gasteiger partial charge in [0.05, 0.1) is 6.54 Å². The van der Waals surface area contributed by atoms with Crippen LogP contribution in [-0.4, -0.2) is 25.3 Å². The highest BCUT2D eigenvalue weighted by Gasteiger charge is 2.06. The number of benzene rings is 1. The van der Waals surface area contributed by atoms with Crippen molar-refractivity contribution in [3.63, 3.8) is 0 Å². The number of fused-ring (bicyclic) bond motifs is 1. The van der Waals surface area contributed by atoms with E-state index in [4.69, 9.17) is 0 Å². The van der Waals surface area contributed by atoms with Crippen LogP contribution in [0, 0.1) is 4.91 Å². The quantitative estimate of drug-likeness (QED) is 0.741. The molecule has 0 amide bonds. The fraction of sp³-hybridized carbons (Fsp3) is 0.200. The monoisotopic (exact) mass is 202 g/mol. The first kappa shape index (κ1) is 9.51. The molecule has 1 N–H and O–H groups in total. The van der Waals surface area contributed by atoms with Gasteiger partial charge in [0, 0.05) is 17.5 Å². The number of anilines is 1. The first-order valence-electron chi connectivity index (χ1n) is 4.58. The molecule has 76 valence electrons. The van der Waals surface area contributed by atoms with Crippen LogP contribution in [0.3, 0.4) is 0 Å². The minimum absolute atomic E-state index is 0.0694. The van der Waals surface area contributed by atoms with E-state index in [2.05, 4.69) is 20.5 Å². The lowest BCUT2D eigenvalue weighted by atomic mass is 10.2. The minimum atomic E-state index is -0.0694. The van der Waals surface area contributed by atoms with Gasteiger partial charge in [-0.2, -0.15) is 0 Å². The maximum atomic E-state index is 9.96. The molecule has 0 bridgehead atoms. The summed E-state index contributed by atoms with van der Waals surface area (Å²) >= 11 is 0. The molecular formula is C10H10N4O. The van der Waals surface area contributed by atoms with Crippen molar-refractivity contribution in [1.29, 1.82) is 0 Å². The van der Waals surface area contributed by atoms with Crippen molar-refractivity contribution in [2.75, 3.05) is 18.5 Å². The SMILES string of the molecule is O=NCN=C1CN=Cc2ccccc2N1. The van der Waals surface area contributed by atoms with Crippen LogP contribution in [0.5, 0.6) is 0 Å². The molecule has 1 aromatic rings. The summed E-state index contributed by atoms with van der Waals surface area (Å²) in [5.41, 5.74) is 1.96. The third-order valence-electron chi connectivity index (χ3n) is 2.03. The van der Waals surface area contributed by atoms with Crippen LogP contribution < -0.4 is 5.32 Å². The fourth-order valence-electron chi connectivity index (χ4n) is 1.35. The van der Waals surface area contributed by atoms with Gasteiger partial charge in [-0.25, -0.2) is 4.99 Å². The lowest BCUT2D eigenvalue weighted by Gasteiger charge is -2.06. The molecule has 15 heavy (non-hydrogen) atoms. The number of nitroso groups, excluding NO2 is 1. The Bertz CT molecular complexity index is 425. The van der Waals surface area contributed by atoms with Crippen LogP contribution in [0.2, 0.25) is 0 Å². The summed E-state index contributed by atoms with van der Waals surface area (Å²) < 4.78 is 0. The van der Waals surface area contributed by atoms with Gasteiger partial charge in [-0.15, -0.1) is 4.91 Å². The van der Waals surface area contributed by atoms with E-state index in [1.807, 2.05) is 24.3 Å². The molecule has 0 fully saturated rings.